The summed E-state index contributed by atoms with van der Waals surface area (Å²) in [5.74, 6) is 0.0616. The van der Waals surface area contributed by atoms with E-state index >= 15 is 0 Å². The van der Waals surface area contributed by atoms with Crippen molar-refractivity contribution in [3.8, 4) is 0 Å². The summed E-state index contributed by atoms with van der Waals surface area (Å²) in [7, 11) is 0. The molecule has 2 aromatic heterocycles. The van der Waals surface area contributed by atoms with Crippen LogP contribution in [0.15, 0.2) is 34.3 Å². The van der Waals surface area contributed by atoms with Crippen LogP contribution in [0.25, 0.3) is 0 Å². The lowest BCUT2D eigenvalue weighted by atomic mass is 9.95. The van der Waals surface area contributed by atoms with Crippen LogP contribution >= 0.6 is 22.7 Å². The number of amides is 1. The Morgan fingerprint density at radius 2 is 2.06 bits per heavy atom. The van der Waals surface area contributed by atoms with E-state index in [4.69, 9.17) is 0 Å². The molecule has 2 heterocycles. The second-order valence-corrected chi connectivity index (χ2v) is 6.46. The molecule has 0 unspecified atom stereocenters. The minimum atomic E-state index is -0.118. The molecule has 94 valence electrons. The van der Waals surface area contributed by atoms with Gasteiger partial charge in [0.25, 0.3) is 5.91 Å². The fourth-order valence-electron chi connectivity index (χ4n) is 2.65. The maximum absolute atomic E-state index is 12.3. The summed E-state index contributed by atoms with van der Waals surface area (Å²) in [5.41, 5.74) is 0.663. The number of thiophene rings is 2. The SMILES string of the molecule is O=C(NC1(c2cccs2)CCCC1)c1ccsc1. The van der Waals surface area contributed by atoms with Gasteiger partial charge in [-0.15, -0.1) is 11.3 Å². The van der Waals surface area contributed by atoms with Crippen LogP contribution in [0.2, 0.25) is 0 Å². The van der Waals surface area contributed by atoms with Gasteiger partial charge in [0.2, 0.25) is 0 Å². The van der Waals surface area contributed by atoms with Crippen LogP contribution in [-0.4, -0.2) is 5.91 Å². The first-order valence-electron chi connectivity index (χ1n) is 6.19. The van der Waals surface area contributed by atoms with Crippen molar-refractivity contribution < 1.29 is 4.79 Å². The van der Waals surface area contributed by atoms with E-state index in [2.05, 4.69) is 22.8 Å². The number of hydrogen-bond acceptors (Lipinski definition) is 3. The molecule has 1 fully saturated rings. The molecule has 1 amide bonds. The molecule has 1 N–H and O–H groups in total. The standard InChI is InChI=1S/C14H15NOS2/c16-13(11-5-9-17-10-11)15-14(6-1-2-7-14)12-4-3-8-18-12/h3-5,8-10H,1-2,6-7H2,(H,15,16). The second kappa shape index (κ2) is 4.86. The maximum Gasteiger partial charge on any atom is 0.252 e. The van der Waals surface area contributed by atoms with Gasteiger partial charge in [0.15, 0.2) is 0 Å². The van der Waals surface area contributed by atoms with Crippen molar-refractivity contribution in [3.63, 3.8) is 0 Å². The van der Waals surface area contributed by atoms with Crippen molar-refractivity contribution in [2.24, 2.45) is 0 Å². The summed E-state index contributed by atoms with van der Waals surface area (Å²) in [5, 5.41) is 9.22. The summed E-state index contributed by atoms with van der Waals surface area (Å²) >= 11 is 3.31. The fourth-order valence-corrected chi connectivity index (χ4v) is 4.22. The molecule has 0 saturated heterocycles. The summed E-state index contributed by atoms with van der Waals surface area (Å²) < 4.78 is 0. The second-order valence-electron chi connectivity index (χ2n) is 4.73. The molecule has 1 aliphatic rings. The van der Waals surface area contributed by atoms with Gasteiger partial charge in [-0.3, -0.25) is 4.79 Å². The Balaban J connectivity index is 1.85. The molecule has 0 aromatic carbocycles. The molecule has 0 aliphatic heterocycles. The Kier molecular flexibility index (Phi) is 3.22. The maximum atomic E-state index is 12.3. The van der Waals surface area contributed by atoms with Crippen molar-refractivity contribution in [1.29, 1.82) is 0 Å². The number of rotatable bonds is 3. The van der Waals surface area contributed by atoms with Gasteiger partial charge in [-0.05, 0) is 35.7 Å². The Morgan fingerprint density at radius 1 is 1.22 bits per heavy atom. The highest BCUT2D eigenvalue weighted by atomic mass is 32.1. The average Bonchev–Trinajstić information content (AvgIpc) is 3.12. The largest absolute Gasteiger partial charge is 0.342 e. The van der Waals surface area contributed by atoms with Crippen LogP contribution in [0, 0.1) is 0 Å². The van der Waals surface area contributed by atoms with Gasteiger partial charge in [-0.1, -0.05) is 18.9 Å². The van der Waals surface area contributed by atoms with Crippen molar-refractivity contribution in [2.45, 2.75) is 31.2 Å². The molecule has 2 aromatic rings. The molecule has 0 bridgehead atoms. The zero-order chi connectivity index (χ0) is 12.4. The van der Waals surface area contributed by atoms with Gasteiger partial charge in [0.1, 0.15) is 0 Å². The molecule has 2 nitrogen and oxygen atoms in total. The molecule has 0 atom stereocenters. The molecule has 18 heavy (non-hydrogen) atoms. The Labute approximate surface area is 115 Å². The van der Waals surface area contributed by atoms with Crippen LogP contribution in [-0.2, 0) is 5.54 Å². The molecule has 3 rings (SSSR count). The Morgan fingerprint density at radius 3 is 2.67 bits per heavy atom. The molecule has 1 saturated carbocycles. The quantitative estimate of drug-likeness (QED) is 0.902. The van der Waals surface area contributed by atoms with E-state index in [0.717, 1.165) is 18.4 Å². The monoisotopic (exact) mass is 277 g/mol. The predicted molar refractivity (Wildman–Crippen MR) is 76.3 cm³/mol. The van der Waals surface area contributed by atoms with Crippen molar-refractivity contribution >= 4 is 28.6 Å². The normalized spacial score (nSPS) is 17.8. The molecule has 0 radical (unpaired) electrons. The molecule has 0 spiro atoms. The molecular weight excluding hydrogens is 262 g/mol. The highest BCUT2D eigenvalue weighted by molar-refractivity contribution is 7.10. The lowest BCUT2D eigenvalue weighted by Crippen LogP contribution is -2.43. The summed E-state index contributed by atoms with van der Waals surface area (Å²) in [6, 6.07) is 6.10. The van der Waals surface area contributed by atoms with Crippen molar-refractivity contribution in [3.05, 3.63) is 44.8 Å². The molecule has 1 aliphatic carbocycles. The van der Waals surface area contributed by atoms with Gasteiger partial charge >= 0.3 is 0 Å². The van der Waals surface area contributed by atoms with E-state index in [1.54, 1.807) is 22.7 Å². The topological polar surface area (TPSA) is 29.1 Å². The third-order valence-corrected chi connectivity index (χ3v) is 5.34. The minimum Gasteiger partial charge on any atom is -0.342 e. The smallest absolute Gasteiger partial charge is 0.252 e. The van der Waals surface area contributed by atoms with Crippen molar-refractivity contribution in [2.75, 3.05) is 0 Å². The van der Waals surface area contributed by atoms with Gasteiger partial charge in [-0.2, -0.15) is 11.3 Å². The van der Waals surface area contributed by atoms with E-state index < -0.39 is 0 Å². The van der Waals surface area contributed by atoms with Gasteiger partial charge in [0.05, 0.1) is 11.1 Å². The Hall–Kier alpha value is -1.13. The Bertz CT molecular complexity index is 510. The van der Waals surface area contributed by atoms with Crippen LogP contribution in [0.1, 0.15) is 40.9 Å². The van der Waals surface area contributed by atoms with Crippen molar-refractivity contribution in [1.82, 2.24) is 5.32 Å². The van der Waals surface area contributed by atoms with Crippen LogP contribution in [0.4, 0.5) is 0 Å². The third kappa shape index (κ3) is 2.10. The third-order valence-electron chi connectivity index (χ3n) is 3.59. The lowest BCUT2D eigenvalue weighted by molar-refractivity contribution is 0.0900. The first-order valence-corrected chi connectivity index (χ1v) is 8.01. The lowest BCUT2D eigenvalue weighted by Gasteiger charge is -2.29. The number of nitrogens with one attached hydrogen (secondary N) is 1. The molecular formula is C14H15NOS2. The summed E-state index contributed by atoms with van der Waals surface area (Å²) in [4.78, 5) is 13.6. The molecule has 4 heteroatoms. The minimum absolute atomic E-state index is 0.0616. The van der Waals surface area contributed by atoms with Gasteiger partial charge in [-0.25, -0.2) is 0 Å². The summed E-state index contributed by atoms with van der Waals surface area (Å²) in [6.45, 7) is 0. The first-order chi connectivity index (χ1) is 8.80. The zero-order valence-electron chi connectivity index (χ0n) is 10.0. The average molecular weight is 277 g/mol. The van der Waals surface area contributed by atoms with E-state index in [1.807, 2.05) is 16.8 Å². The van der Waals surface area contributed by atoms with Crippen LogP contribution in [0.5, 0.6) is 0 Å². The summed E-state index contributed by atoms with van der Waals surface area (Å²) in [6.07, 6.45) is 4.51. The first kappa shape index (κ1) is 11.9. The van der Waals surface area contributed by atoms with Crippen LogP contribution < -0.4 is 5.32 Å². The number of carbonyl (C=O) groups is 1. The fraction of sp³-hybridized carbons (Fsp3) is 0.357. The van der Waals surface area contributed by atoms with E-state index in [0.29, 0.717) is 0 Å². The van der Waals surface area contributed by atoms with Crippen LogP contribution in [0.3, 0.4) is 0 Å². The van der Waals surface area contributed by atoms with Gasteiger partial charge < -0.3 is 5.32 Å². The van der Waals surface area contributed by atoms with E-state index in [-0.39, 0.29) is 11.4 Å². The van der Waals surface area contributed by atoms with E-state index in [9.17, 15) is 4.79 Å². The van der Waals surface area contributed by atoms with E-state index in [1.165, 1.54) is 17.7 Å². The number of hydrogen-bond donors (Lipinski definition) is 1. The highest BCUT2D eigenvalue weighted by Crippen LogP contribution is 2.41. The predicted octanol–water partition coefficient (Wildman–Crippen LogP) is 4.01. The highest BCUT2D eigenvalue weighted by Gasteiger charge is 2.38. The zero-order valence-corrected chi connectivity index (χ0v) is 11.7. The number of carbonyl (C=O) groups excluding carboxylic acids is 1. The van der Waals surface area contributed by atoms with Gasteiger partial charge in [0, 0.05) is 10.3 Å².